The normalized spacial score (nSPS) is 24.8. The van der Waals surface area contributed by atoms with E-state index in [2.05, 4.69) is 40.6 Å². The molecule has 1 heterocycles. The molecule has 7 rings (SSSR count). The van der Waals surface area contributed by atoms with Crippen LogP contribution in [0.2, 0.25) is 0 Å². The Balaban J connectivity index is 1.06. The van der Waals surface area contributed by atoms with Crippen LogP contribution in [0.25, 0.3) is 11.1 Å². The number of fused-ring (bicyclic) bond motifs is 1. The standard InChI is InChI=1S/C36H37N3O3/c37-21-24-5-9-27(10-6-24)26-7-3-23(4-8-26)15-17-38-35(42)30-13-11-28-19-32-31-14-12-29(40)20-36(31,33(28)34(30)41)16-18-39(32)22-25-1-2-25/h3-11,13,25,31-32,41H,1-2,12,14-20,22H2,(H,38,42)/t31-,32+,36-/m0/s1. The maximum atomic E-state index is 13.3. The minimum atomic E-state index is -0.356. The molecule has 3 aromatic carbocycles. The highest BCUT2D eigenvalue weighted by atomic mass is 16.3. The highest BCUT2D eigenvalue weighted by molar-refractivity contribution is 5.98. The quantitative estimate of drug-likeness (QED) is 0.396. The summed E-state index contributed by atoms with van der Waals surface area (Å²) in [6.45, 7) is 2.57. The van der Waals surface area contributed by atoms with Gasteiger partial charge in [-0.25, -0.2) is 0 Å². The van der Waals surface area contributed by atoms with Gasteiger partial charge in [0.1, 0.15) is 11.5 Å². The van der Waals surface area contributed by atoms with Crippen LogP contribution in [0, 0.1) is 23.2 Å². The predicted octanol–water partition coefficient (Wildman–Crippen LogP) is 5.55. The molecule has 3 aliphatic carbocycles. The third kappa shape index (κ3) is 4.80. The van der Waals surface area contributed by atoms with Crippen molar-refractivity contribution < 1.29 is 14.7 Å². The molecule has 4 aliphatic rings. The van der Waals surface area contributed by atoms with E-state index in [9.17, 15) is 14.7 Å². The van der Waals surface area contributed by atoms with E-state index in [-0.39, 0.29) is 22.9 Å². The molecule has 2 bridgehead atoms. The van der Waals surface area contributed by atoms with Crippen molar-refractivity contribution in [1.82, 2.24) is 10.2 Å². The number of rotatable bonds is 7. The lowest BCUT2D eigenvalue weighted by Gasteiger charge is -2.58. The average molecular weight is 560 g/mol. The van der Waals surface area contributed by atoms with Gasteiger partial charge in [-0.05, 0) is 97.4 Å². The molecule has 214 valence electrons. The Hall–Kier alpha value is -3.95. The lowest BCUT2D eigenvalue weighted by molar-refractivity contribution is -0.127. The van der Waals surface area contributed by atoms with Gasteiger partial charge >= 0.3 is 0 Å². The second-order valence-electron chi connectivity index (χ2n) is 12.9. The number of nitrogens with zero attached hydrogens (tertiary/aromatic N) is 2. The Morgan fingerprint density at radius 3 is 2.48 bits per heavy atom. The maximum Gasteiger partial charge on any atom is 0.255 e. The lowest BCUT2D eigenvalue weighted by atomic mass is 9.51. The summed E-state index contributed by atoms with van der Waals surface area (Å²) in [4.78, 5) is 28.9. The third-order valence-corrected chi connectivity index (χ3v) is 10.4. The maximum absolute atomic E-state index is 13.3. The smallest absolute Gasteiger partial charge is 0.255 e. The molecule has 42 heavy (non-hydrogen) atoms. The van der Waals surface area contributed by atoms with Crippen LogP contribution in [0.1, 0.15) is 71.1 Å². The number of nitriles is 1. The van der Waals surface area contributed by atoms with E-state index in [1.807, 2.05) is 30.3 Å². The number of piperidine rings is 1. The summed E-state index contributed by atoms with van der Waals surface area (Å²) < 4.78 is 0. The van der Waals surface area contributed by atoms with E-state index in [4.69, 9.17) is 5.26 Å². The summed E-state index contributed by atoms with van der Waals surface area (Å²) in [5.41, 5.74) is 5.83. The zero-order valence-electron chi connectivity index (χ0n) is 23.9. The first-order chi connectivity index (χ1) is 20.4. The van der Waals surface area contributed by atoms with E-state index in [0.717, 1.165) is 66.1 Å². The lowest BCUT2D eigenvalue weighted by Crippen LogP contribution is -2.62. The summed E-state index contributed by atoms with van der Waals surface area (Å²) >= 11 is 0. The fraction of sp³-hybridized carbons (Fsp3) is 0.417. The van der Waals surface area contributed by atoms with Gasteiger partial charge in [0.15, 0.2) is 0 Å². The molecular formula is C36H37N3O3. The van der Waals surface area contributed by atoms with Gasteiger partial charge in [-0.1, -0.05) is 42.5 Å². The first kappa shape index (κ1) is 26.9. The van der Waals surface area contributed by atoms with Gasteiger partial charge in [0.25, 0.3) is 5.91 Å². The number of likely N-dealkylation sites (tertiary alicyclic amines) is 1. The number of hydrogen-bond donors (Lipinski definition) is 2. The summed E-state index contributed by atoms with van der Waals surface area (Å²) in [5.74, 6) is 1.28. The van der Waals surface area contributed by atoms with Crippen molar-refractivity contribution in [2.45, 2.75) is 62.8 Å². The van der Waals surface area contributed by atoms with Crippen molar-refractivity contribution >= 4 is 11.7 Å². The summed E-state index contributed by atoms with van der Waals surface area (Å²) in [6, 6.07) is 22.1. The molecule has 6 nitrogen and oxygen atoms in total. The van der Waals surface area contributed by atoms with Crippen LogP contribution < -0.4 is 5.32 Å². The zero-order valence-corrected chi connectivity index (χ0v) is 23.9. The number of aromatic hydroxyl groups is 1. The molecule has 0 unspecified atom stereocenters. The van der Waals surface area contributed by atoms with Gasteiger partial charge in [-0.15, -0.1) is 0 Å². The summed E-state index contributed by atoms with van der Waals surface area (Å²) in [5, 5.41) is 23.7. The molecule has 3 fully saturated rings. The van der Waals surface area contributed by atoms with Crippen LogP contribution >= 0.6 is 0 Å². The number of nitrogens with one attached hydrogen (secondary N) is 1. The second kappa shape index (κ2) is 10.7. The number of carbonyl (C=O) groups is 2. The minimum absolute atomic E-state index is 0.0885. The molecule has 1 saturated heterocycles. The van der Waals surface area contributed by atoms with Gasteiger partial charge < -0.3 is 10.4 Å². The first-order valence-electron chi connectivity index (χ1n) is 15.4. The number of phenols is 1. The second-order valence-corrected chi connectivity index (χ2v) is 12.9. The van der Waals surface area contributed by atoms with Crippen LogP contribution in [0.4, 0.5) is 0 Å². The van der Waals surface area contributed by atoms with Crippen molar-refractivity contribution in [2.24, 2.45) is 11.8 Å². The number of carbonyl (C=O) groups excluding carboxylic acids is 2. The number of phenolic OH excluding ortho intramolecular Hbond substituents is 1. The molecule has 1 amide bonds. The highest BCUT2D eigenvalue weighted by Gasteiger charge is 2.57. The monoisotopic (exact) mass is 559 g/mol. The van der Waals surface area contributed by atoms with Crippen molar-refractivity contribution in [1.29, 1.82) is 5.26 Å². The van der Waals surface area contributed by atoms with Crippen LogP contribution in [0.5, 0.6) is 5.75 Å². The number of hydrogen-bond acceptors (Lipinski definition) is 5. The van der Waals surface area contributed by atoms with E-state index in [0.29, 0.717) is 48.9 Å². The Kier molecular flexibility index (Phi) is 6.86. The molecule has 0 aromatic heterocycles. The van der Waals surface area contributed by atoms with Crippen molar-refractivity contribution in [3.63, 3.8) is 0 Å². The predicted molar refractivity (Wildman–Crippen MR) is 161 cm³/mol. The van der Waals surface area contributed by atoms with E-state index >= 15 is 0 Å². The molecule has 1 aliphatic heterocycles. The number of amides is 1. The number of Topliss-reactive ketones (excluding diaryl/α,β-unsaturated/α-hetero) is 1. The SMILES string of the molecule is N#Cc1ccc(-c2ccc(CCNC(=O)c3ccc4c(c3O)[C@]35CCN(CC6CC6)[C@H](C4)[C@@H]3CCC(=O)C5)cc2)cc1. The Morgan fingerprint density at radius 1 is 1.02 bits per heavy atom. The van der Waals surface area contributed by atoms with Crippen LogP contribution in [-0.4, -0.2) is 47.4 Å². The van der Waals surface area contributed by atoms with Crippen molar-refractivity contribution in [3.05, 3.63) is 88.5 Å². The first-order valence-corrected chi connectivity index (χ1v) is 15.4. The third-order valence-electron chi connectivity index (χ3n) is 10.4. The fourth-order valence-electron chi connectivity index (χ4n) is 8.07. The molecule has 6 heteroatoms. The van der Waals surface area contributed by atoms with Gasteiger partial charge in [-0.3, -0.25) is 14.5 Å². The van der Waals surface area contributed by atoms with Crippen LogP contribution in [0.3, 0.4) is 0 Å². The van der Waals surface area contributed by atoms with E-state index in [1.165, 1.54) is 12.8 Å². The number of ketones is 1. The van der Waals surface area contributed by atoms with Crippen molar-refractivity contribution in [3.8, 4) is 22.9 Å². The number of benzene rings is 3. The zero-order chi connectivity index (χ0) is 28.8. The molecular weight excluding hydrogens is 522 g/mol. The molecule has 2 N–H and O–H groups in total. The Bertz CT molecular complexity index is 1570. The van der Waals surface area contributed by atoms with Gasteiger partial charge in [0.05, 0.1) is 17.2 Å². The topological polar surface area (TPSA) is 93.4 Å². The minimum Gasteiger partial charge on any atom is -0.507 e. The van der Waals surface area contributed by atoms with Crippen LogP contribution in [0.15, 0.2) is 60.7 Å². The van der Waals surface area contributed by atoms with Gasteiger partial charge in [0.2, 0.25) is 0 Å². The van der Waals surface area contributed by atoms with E-state index in [1.54, 1.807) is 6.07 Å². The average Bonchev–Trinajstić information content (AvgIpc) is 3.83. The molecule has 3 atom stereocenters. The molecule has 2 saturated carbocycles. The molecule has 3 aromatic rings. The Morgan fingerprint density at radius 2 is 1.76 bits per heavy atom. The summed E-state index contributed by atoms with van der Waals surface area (Å²) in [7, 11) is 0. The van der Waals surface area contributed by atoms with Crippen LogP contribution in [-0.2, 0) is 23.1 Å². The molecule has 0 spiro atoms. The highest BCUT2D eigenvalue weighted by Crippen LogP contribution is 2.58. The largest absolute Gasteiger partial charge is 0.507 e. The summed E-state index contributed by atoms with van der Waals surface area (Å²) in [6.07, 6.45) is 7.08. The van der Waals surface area contributed by atoms with E-state index < -0.39 is 0 Å². The Labute approximate surface area is 247 Å². The fourth-order valence-corrected chi connectivity index (χ4v) is 8.07. The van der Waals surface area contributed by atoms with Gasteiger partial charge in [-0.2, -0.15) is 5.26 Å². The molecule has 0 radical (unpaired) electrons. The van der Waals surface area contributed by atoms with Crippen molar-refractivity contribution in [2.75, 3.05) is 19.6 Å². The van der Waals surface area contributed by atoms with Gasteiger partial charge in [0, 0.05) is 43.0 Å².